The largest absolute Gasteiger partial charge is 0.478 e. The van der Waals surface area contributed by atoms with Crippen LogP contribution < -0.4 is 10.0 Å². The number of fused-ring (bicyclic) bond motifs is 3. The fourth-order valence-corrected chi connectivity index (χ4v) is 6.18. The lowest BCUT2D eigenvalue weighted by molar-refractivity contribution is 0.0697. The van der Waals surface area contributed by atoms with E-state index in [4.69, 9.17) is 23.2 Å². The van der Waals surface area contributed by atoms with Gasteiger partial charge in [0.05, 0.1) is 27.2 Å². The van der Waals surface area contributed by atoms with E-state index in [0.29, 0.717) is 5.02 Å². The Morgan fingerprint density at radius 1 is 1.03 bits per heavy atom. The van der Waals surface area contributed by atoms with Crippen LogP contribution in [0.2, 0.25) is 10.0 Å². The molecule has 1 heterocycles. The molecule has 0 amide bonds. The zero-order valence-electron chi connectivity index (χ0n) is 17.7. The molecule has 3 N–H and O–H groups in total. The quantitative estimate of drug-likeness (QED) is 0.346. The summed E-state index contributed by atoms with van der Waals surface area (Å²) in [6.45, 7) is 0. The first-order valence-electron chi connectivity index (χ1n) is 10.6. The highest BCUT2D eigenvalue weighted by atomic mass is 35.5. The first kappa shape index (κ1) is 22.8. The van der Waals surface area contributed by atoms with Crippen LogP contribution in [0.3, 0.4) is 0 Å². The van der Waals surface area contributed by atoms with E-state index in [0.717, 1.165) is 23.2 Å². The van der Waals surface area contributed by atoms with Crippen molar-refractivity contribution in [3.05, 3.63) is 99.6 Å². The Hall–Kier alpha value is -3.00. The van der Waals surface area contributed by atoms with Crippen molar-refractivity contribution in [3.8, 4) is 0 Å². The molecule has 0 fully saturated rings. The Balaban J connectivity index is 1.47. The van der Waals surface area contributed by atoms with E-state index in [1.54, 1.807) is 36.4 Å². The lowest BCUT2D eigenvalue weighted by Gasteiger charge is -2.37. The molecule has 3 aromatic carbocycles. The SMILES string of the molecule is O=C(O)c1ccc([C@H]2Nc3ccc(S(=O)(=O)Nc4cc(Cl)ccc4Cl)cc3C3C=CCC32)cc1. The zero-order valence-corrected chi connectivity index (χ0v) is 20.0. The van der Waals surface area contributed by atoms with Crippen LogP contribution in [0.25, 0.3) is 0 Å². The number of benzene rings is 3. The summed E-state index contributed by atoms with van der Waals surface area (Å²) in [7, 11) is -3.89. The minimum atomic E-state index is -3.89. The molecule has 5 rings (SSSR count). The molecule has 2 unspecified atom stereocenters. The first-order chi connectivity index (χ1) is 16.2. The molecule has 174 valence electrons. The second-order valence-corrected chi connectivity index (χ2v) is 10.9. The van der Waals surface area contributed by atoms with Crippen molar-refractivity contribution in [2.75, 3.05) is 10.0 Å². The normalized spacial score (nSPS) is 20.8. The number of allylic oxidation sites excluding steroid dienone is 2. The van der Waals surface area contributed by atoms with Gasteiger partial charge in [-0.1, -0.05) is 47.5 Å². The molecule has 3 atom stereocenters. The predicted molar refractivity (Wildman–Crippen MR) is 133 cm³/mol. The molecule has 0 bridgehead atoms. The Bertz CT molecular complexity index is 1420. The van der Waals surface area contributed by atoms with Gasteiger partial charge < -0.3 is 10.4 Å². The maximum Gasteiger partial charge on any atom is 0.335 e. The third-order valence-electron chi connectivity index (χ3n) is 6.33. The van der Waals surface area contributed by atoms with Gasteiger partial charge in [-0.2, -0.15) is 0 Å². The molecule has 0 spiro atoms. The summed E-state index contributed by atoms with van der Waals surface area (Å²) in [6.07, 6.45) is 5.05. The molecule has 2 aliphatic rings. The average molecular weight is 515 g/mol. The molecular weight excluding hydrogens is 495 g/mol. The summed E-state index contributed by atoms with van der Waals surface area (Å²) in [5.41, 5.74) is 3.19. The number of carboxylic acids is 1. The van der Waals surface area contributed by atoms with Crippen LogP contribution in [0.1, 0.15) is 39.9 Å². The monoisotopic (exact) mass is 514 g/mol. The number of carbonyl (C=O) groups is 1. The van der Waals surface area contributed by atoms with Crippen LogP contribution in [0.5, 0.6) is 0 Å². The number of nitrogens with one attached hydrogen (secondary N) is 2. The van der Waals surface area contributed by atoms with Gasteiger partial charge in [-0.3, -0.25) is 4.72 Å². The van der Waals surface area contributed by atoms with Gasteiger partial charge in [-0.05, 0) is 72.0 Å². The standard InChI is InChI=1S/C25H20Cl2N2O4S/c26-16-8-10-21(27)23(12-16)29-34(32,33)17-9-11-22-20(13-17)18-2-1-3-19(18)24(28-22)14-4-6-15(7-5-14)25(30)31/h1-2,4-13,18-19,24,28-29H,3H2,(H,30,31)/t18?,19?,24-/m1/s1. The van der Waals surface area contributed by atoms with E-state index in [-0.39, 0.29) is 39.0 Å². The van der Waals surface area contributed by atoms with Crippen LogP contribution in [-0.4, -0.2) is 19.5 Å². The van der Waals surface area contributed by atoms with E-state index in [1.807, 2.05) is 12.1 Å². The lowest BCUT2D eigenvalue weighted by Crippen LogP contribution is -2.29. The maximum absolute atomic E-state index is 13.1. The van der Waals surface area contributed by atoms with Crippen molar-refractivity contribution >= 4 is 50.6 Å². The first-order valence-corrected chi connectivity index (χ1v) is 12.8. The van der Waals surface area contributed by atoms with Crippen LogP contribution in [-0.2, 0) is 10.0 Å². The van der Waals surface area contributed by atoms with Gasteiger partial charge in [0.25, 0.3) is 10.0 Å². The second kappa shape index (κ2) is 8.65. The Labute approximate surface area is 207 Å². The van der Waals surface area contributed by atoms with Crippen molar-refractivity contribution in [3.63, 3.8) is 0 Å². The van der Waals surface area contributed by atoms with Crippen LogP contribution >= 0.6 is 23.2 Å². The topological polar surface area (TPSA) is 95.5 Å². The van der Waals surface area contributed by atoms with Crippen LogP contribution in [0.15, 0.2) is 77.7 Å². The van der Waals surface area contributed by atoms with Gasteiger partial charge in [0.1, 0.15) is 0 Å². The highest BCUT2D eigenvalue weighted by molar-refractivity contribution is 7.92. The lowest BCUT2D eigenvalue weighted by atomic mass is 9.77. The molecule has 0 radical (unpaired) electrons. The number of hydrogen-bond acceptors (Lipinski definition) is 4. The molecule has 6 nitrogen and oxygen atoms in total. The molecule has 1 aliphatic carbocycles. The van der Waals surface area contributed by atoms with Gasteiger partial charge in [0.2, 0.25) is 0 Å². The maximum atomic E-state index is 13.1. The van der Waals surface area contributed by atoms with Gasteiger partial charge >= 0.3 is 5.97 Å². The van der Waals surface area contributed by atoms with E-state index in [1.165, 1.54) is 12.1 Å². The fourth-order valence-electron chi connectivity index (χ4n) is 4.68. The number of carboxylic acid groups (broad SMARTS) is 1. The van der Waals surface area contributed by atoms with Gasteiger partial charge in [0.15, 0.2) is 0 Å². The molecule has 0 aromatic heterocycles. The molecule has 0 saturated heterocycles. The molecule has 9 heteroatoms. The smallest absolute Gasteiger partial charge is 0.335 e. The Morgan fingerprint density at radius 3 is 2.53 bits per heavy atom. The number of halogens is 2. The van der Waals surface area contributed by atoms with Gasteiger partial charge in [-0.15, -0.1) is 0 Å². The molecule has 3 aromatic rings. The number of rotatable bonds is 5. The Kier molecular flexibility index (Phi) is 5.80. The minimum absolute atomic E-state index is 0.0267. The summed E-state index contributed by atoms with van der Waals surface area (Å²) < 4.78 is 28.8. The van der Waals surface area contributed by atoms with Crippen LogP contribution in [0, 0.1) is 5.92 Å². The number of sulfonamides is 1. The third-order valence-corrected chi connectivity index (χ3v) is 8.26. The fraction of sp³-hybridized carbons (Fsp3) is 0.160. The average Bonchev–Trinajstić information content (AvgIpc) is 3.31. The van der Waals surface area contributed by atoms with Crippen molar-refractivity contribution in [2.45, 2.75) is 23.3 Å². The number of aromatic carboxylic acids is 1. The second-order valence-electron chi connectivity index (χ2n) is 8.38. The molecule has 0 saturated carbocycles. The van der Waals surface area contributed by atoms with E-state index in [9.17, 15) is 18.3 Å². The van der Waals surface area contributed by atoms with Crippen molar-refractivity contribution in [2.24, 2.45) is 5.92 Å². The predicted octanol–water partition coefficient (Wildman–Crippen LogP) is 6.32. The summed E-state index contributed by atoms with van der Waals surface area (Å²) in [6, 6.07) is 16.5. The number of hydrogen-bond donors (Lipinski definition) is 3. The van der Waals surface area contributed by atoms with Gasteiger partial charge in [0, 0.05) is 16.6 Å². The van der Waals surface area contributed by atoms with E-state index < -0.39 is 16.0 Å². The third kappa shape index (κ3) is 4.15. The zero-order chi connectivity index (χ0) is 24.0. The molecule has 34 heavy (non-hydrogen) atoms. The number of anilines is 2. The van der Waals surface area contributed by atoms with Crippen molar-refractivity contribution in [1.82, 2.24) is 0 Å². The molecular formula is C25H20Cl2N2O4S. The summed E-state index contributed by atoms with van der Waals surface area (Å²) in [4.78, 5) is 11.3. The summed E-state index contributed by atoms with van der Waals surface area (Å²) >= 11 is 12.1. The highest BCUT2D eigenvalue weighted by Crippen LogP contribution is 2.50. The minimum Gasteiger partial charge on any atom is -0.478 e. The molecule has 1 aliphatic heterocycles. The van der Waals surface area contributed by atoms with E-state index >= 15 is 0 Å². The van der Waals surface area contributed by atoms with Crippen molar-refractivity contribution < 1.29 is 18.3 Å². The highest BCUT2D eigenvalue weighted by Gasteiger charge is 2.38. The van der Waals surface area contributed by atoms with Crippen LogP contribution in [0.4, 0.5) is 11.4 Å². The summed E-state index contributed by atoms with van der Waals surface area (Å²) in [5.74, 6) is -0.753. The Morgan fingerprint density at radius 2 is 1.79 bits per heavy atom. The van der Waals surface area contributed by atoms with E-state index in [2.05, 4.69) is 22.2 Å². The van der Waals surface area contributed by atoms with Crippen molar-refractivity contribution in [1.29, 1.82) is 0 Å². The summed E-state index contributed by atoms with van der Waals surface area (Å²) in [5, 5.41) is 13.3. The van der Waals surface area contributed by atoms with Gasteiger partial charge in [-0.25, -0.2) is 13.2 Å².